The van der Waals surface area contributed by atoms with Crippen LogP contribution in [0.2, 0.25) is 0 Å². The molecule has 1 aliphatic rings. The van der Waals surface area contributed by atoms with E-state index in [2.05, 4.69) is 17.0 Å². The minimum atomic E-state index is -0.745. The van der Waals surface area contributed by atoms with E-state index in [4.69, 9.17) is 4.74 Å². The molecule has 0 N–H and O–H groups in total. The Morgan fingerprint density at radius 2 is 1.84 bits per heavy atom. The largest absolute Gasteiger partial charge is 0.465 e. The van der Waals surface area contributed by atoms with E-state index in [0.717, 1.165) is 25.2 Å². The van der Waals surface area contributed by atoms with Crippen LogP contribution in [0.1, 0.15) is 30.9 Å². The Bertz CT molecular complexity index is 709. The summed E-state index contributed by atoms with van der Waals surface area (Å²) in [7, 11) is 0. The fourth-order valence-corrected chi connectivity index (χ4v) is 3.60. The summed E-state index contributed by atoms with van der Waals surface area (Å²) in [5.74, 6) is -0.548. The Kier molecular flexibility index (Phi) is 5.49. The zero-order valence-electron chi connectivity index (χ0n) is 14.6. The number of esters is 1. The van der Waals surface area contributed by atoms with Gasteiger partial charge in [-0.25, -0.2) is 4.39 Å². The van der Waals surface area contributed by atoms with Gasteiger partial charge in [0.2, 0.25) is 0 Å². The third-order valence-electron chi connectivity index (χ3n) is 5.00. The van der Waals surface area contributed by atoms with Crippen LogP contribution in [-0.2, 0) is 21.5 Å². The summed E-state index contributed by atoms with van der Waals surface area (Å²) in [5, 5.41) is 0. The minimum absolute atomic E-state index is 0.236. The lowest BCUT2D eigenvalue weighted by molar-refractivity contribution is -0.152. The van der Waals surface area contributed by atoms with Crippen LogP contribution >= 0.6 is 0 Å². The van der Waals surface area contributed by atoms with Gasteiger partial charge in [-0.1, -0.05) is 42.5 Å². The molecule has 1 heterocycles. The fraction of sp³-hybridized carbons (Fsp3) is 0.381. The highest BCUT2D eigenvalue weighted by Gasteiger charge is 2.44. The number of ether oxygens (including phenoxy) is 1. The third-order valence-corrected chi connectivity index (χ3v) is 5.00. The van der Waals surface area contributed by atoms with Gasteiger partial charge in [-0.2, -0.15) is 0 Å². The highest BCUT2D eigenvalue weighted by molar-refractivity contribution is 5.83. The van der Waals surface area contributed by atoms with Crippen molar-refractivity contribution >= 4 is 5.97 Å². The Hall–Kier alpha value is -2.20. The topological polar surface area (TPSA) is 29.5 Å². The molecule has 0 unspecified atom stereocenters. The van der Waals surface area contributed by atoms with Crippen molar-refractivity contribution in [3.63, 3.8) is 0 Å². The standard InChI is InChI=1S/C21H24FNO2/c1-2-25-20(24)21(18-9-6-10-19(22)15-18)11-13-23(14-12-21)16-17-7-4-3-5-8-17/h3-10,15H,2,11-14,16H2,1H3. The maximum Gasteiger partial charge on any atom is 0.316 e. The van der Waals surface area contributed by atoms with Crippen LogP contribution in [0.4, 0.5) is 4.39 Å². The van der Waals surface area contributed by atoms with Crippen molar-refractivity contribution in [1.29, 1.82) is 0 Å². The number of hydrogen-bond donors (Lipinski definition) is 0. The molecule has 1 fully saturated rings. The summed E-state index contributed by atoms with van der Waals surface area (Å²) in [6, 6.07) is 16.7. The van der Waals surface area contributed by atoms with Crippen LogP contribution in [0.15, 0.2) is 54.6 Å². The number of benzene rings is 2. The molecule has 2 aromatic carbocycles. The third kappa shape index (κ3) is 3.90. The van der Waals surface area contributed by atoms with Crippen molar-refractivity contribution < 1.29 is 13.9 Å². The summed E-state index contributed by atoms with van der Waals surface area (Å²) in [4.78, 5) is 15.1. The zero-order chi connectivity index (χ0) is 17.7. The Balaban J connectivity index is 1.78. The molecule has 4 heteroatoms. The normalized spacial score (nSPS) is 17.2. The number of piperidine rings is 1. The monoisotopic (exact) mass is 341 g/mol. The summed E-state index contributed by atoms with van der Waals surface area (Å²) in [6.45, 7) is 4.57. The molecule has 0 radical (unpaired) electrons. The summed E-state index contributed by atoms with van der Waals surface area (Å²) >= 11 is 0. The Morgan fingerprint density at radius 1 is 1.12 bits per heavy atom. The van der Waals surface area contributed by atoms with E-state index >= 15 is 0 Å². The first kappa shape index (κ1) is 17.6. The second-order valence-electron chi connectivity index (χ2n) is 6.57. The number of likely N-dealkylation sites (tertiary alicyclic amines) is 1. The van der Waals surface area contributed by atoms with Crippen molar-refractivity contribution in [3.8, 4) is 0 Å². The Labute approximate surface area is 148 Å². The number of carbonyl (C=O) groups excluding carboxylic acids is 1. The fourth-order valence-electron chi connectivity index (χ4n) is 3.60. The average Bonchev–Trinajstić information content (AvgIpc) is 2.63. The summed E-state index contributed by atoms with van der Waals surface area (Å²) < 4.78 is 19.1. The van der Waals surface area contributed by atoms with Crippen LogP contribution in [0.3, 0.4) is 0 Å². The molecule has 2 aromatic rings. The van der Waals surface area contributed by atoms with Crippen molar-refractivity contribution in [1.82, 2.24) is 4.90 Å². The van der Waals surface area contributed by atoms with Crippen LogP contribution in [0.5, 0.6) is 0 Å². The van der Waals surface area contributed by atoms with Gasteiger partial charge < -0.3 is 4.74 Å². The molecule has 0 saturated carbocycles. The maximum absolute atomic E-state index is 13.7. The van der Waals surface area contributed by atoms with Crippen molar-refractivity contribution in [2.75, 3.05) is 19.7 Å². The van der Waals surface area contributed by atoms with Crippen LogP contribution in [0, 0.1) is 5.82 Å². The molecule has 3 nitrogen and oxygen atoms in total. The summed E-state index contributed by atoms with van der Waals surface area (Å²) in [6.07, 6.45) is 1.28. The van der Waals surface area contributed by atoms with Crippen molar-refractivity contribution in [3.05, 3.63) is 71.5 Å². The molecular weight excluding hydrogens is 317 g/mol. The molecule has 3 rings (SSSR count). The predicted molar refractivity (Wildman–Crippen MR) is 95.7 cm³/mol. The highest BCUT2D eigenvalue weighted by atomic mass is 19.1. The number of nitrogens with zero attached hydrogens (tertiary/aromatic N) is 1. The van der Waals surface area contributed by atoms with Gasteiger partial charge in [-0.3, -0.25) is 9.69 Å². The van der Waals surface area contributed by atoms with Crippen molar-refractivity contribution in [2.45, 2.75) is 31.7 Å². The van der Waals surface area contributed by atoms with Gasteiger partial charge in [0, 0.05) is 6.54 Å². The van der Waals surface area contributed by atoms with E-state index in [9.17, 15) is 9.18 Å². The predicted octanol–water partition coefficient (Wildman–Crippen LogP) is 3.92. The van der Waals surface area contributed by atoms with Gasteiger partial charge in [0.25, 0.3) is 0 Å². The van der Waals surface area contributed by atoms with E-state index < -0.39 is 5.41 Å². The Morgan fingerprint density at radius 3 is 2.48 bits per heavy atom. The first-order valence-corrected chi connectivity index (χ1v) is 8.83. The second-order valence-corrected chi connectivity index (χ2v) is 6.57. The highest BCUT2D eigenvalue weighted by Crippen LogP contribution is 2.37. The minimum Gasteiger partial charge on any atom is -0.465 e. The van der Waals surface area contributed by atoms with Gasteiger partial charge in [0.05, 0.1) is 12.0 Å². The molecule has 25 heavy (non-hydrogen) atoms. The molecule has 0 aliphatic carbocycles. The second kappa shape index (κ2) is 7.79. The number of halogens is 1. The van der Waals surface area contributed by atoms with Gasteiger partial charge in [-0.15, -0.1) is 0 Å². The van der Waals surface area contributed by atoms with E-state index in [1.807, 2.05) is 31.2 Å². The molecule has 1 aliphatic heterocycles. The van der Waals surface area contributed by atoms with Gasteiger partial charge >= 0.3 is 5.97 Å². The number of carbonyl (C=O) groups is 1. The molecule has 0 amide bonds. The molecular formula is C21H24FNO2. The lowest BCUT2D eigenvalue weighted by Gasteiger charge is -2.40. The van der Waals surface area contributed by atoms with Crippen LogP contribution in [-0.4, -0.2) is 30.6 Å². The molecule has 0 atom stereocenters. The first-order valence-electron chi connectivity index (χ1n) is 8.83. The first-order chi connectivity index (χ1) is 12.1. The van der Waals surface area contributed by atoms with E-state index in [1.54, 1.807) is 6.07 Å². The molecule has 0 aromatic heterocycles. The molecule has 1 saturated heterocycles. The van der Waals surface area contributed by atoms with E-state index in [0.29, 0.717) is 19.4 Å². The summed E-state index contributed by atoms with van der Waals surface area (Å²) in [5.41, 5.74) is 1.24. The number of hydrogen-bond acceptors (Lipinski definition) is 3. The average molecular weight is 341 g/mol. The lowest BCUT2D eigenvalue weighted by Crippen LogP contribution is -2.47. The lowest BCUT2D eigenvalue weighted by atomic mass is 9.72. The number of rotatable bonds is 5. The van der Waals surface area contributed by atoms with Gasteiger partial charge in [0.1, 0.15) is 5.82 Å². The molecule has 132 valence electrons. The smallest absolute Gasteiger partial charge is 0.316 e. The van der Waals surface area contributed by atoms with E-state index in [-0.39, 0.29) is 11.8 Å². The van der Waals surface area contributed by atoms with Gasteiger partial charge in [0.15, 0.2) is 0 Å². The van der Waals surface area contributed by atoms with Crippen LogP contribution in [0.25, 0.3) is 0 Å². The van der Waals surface area contributed by atoms with Gasteiger partial charge in [-0.05, 0) is 56.1 Å². The quantitative estimate of drug-likeness (QED) is 0.772. The maximum atomic E-state index is 13.7. The zero-order valence-corrected chi connectivity index (χ0v) is 14.6. The van der Waals surface area contributed by atoms with Crippen LogP contribution < -0.4 is 0 Å². The van der Waals surface area contributed by atoms with Crippen molar-refractivity contribution in [2.24, 2.45) is 0 Å². The molecule has 0 spiro atoms. The molecule has 0 bridgehead atoms. The van der Waals surface area contributed by atoms with E-state index in [1.165, 1.54) is 17.7 Å². The SMILES string of the molecule is CCOC(=O)C1(c2cccc(F)c2)CCN(Cc2ccccc2)CC1.